The Labute approximate surface area is 210 Å². The van der Waals surface area contributed by atoms with Crippen LogP contribution in [0.5, 0.6) is 11.5 Å². The number of halogens is 2. The summed E-state index contributed by atoms with van der Waals surface area (Å²) in [5, 5.41) is 9.97. The standard InChI is InChI=1S/C28H28Cl2O4/c1-5-25(29)19(4)33-15-20-8-6-10-23(17(20)2)24-11-7-9-21(18(24)3)16-34-28-13-27(32)22(14-31)12-26(28)30/h5-14,19,25,32H,1,15-16H2,2-4H3. The maximum atomic E-state index is 11.0. The van der Waals surface area contributed by atoms with E-state index in [1.54, 1.807) is 6.08 Å². The number of rotatable bonds is 10. The molecular weight excluding hydrogens is 471 g/mol. The Bertz CT molecular complexity index is 1190. The van der Waals surface area contributed by atoms with E-state index in [1.165, 1.54) is 12.1 Å². The predicted octanol–water partition coefficient (Wildman–Crippen LogP) is 7.42. The number of carbonyl (C=O) groups excluding carboxylic acids is 1. The molecule has 0 heterocycles. The topological polar surface area (TPSA) is 55.8 Å². The molecule has 4 nitrogen and oxygen atoms in total. The predicted molar refractivity (Wildman–Crippen MR) is 138 cm³/mol. The highest BCUT2D eigenvalue weighted by atomic mass is 35.5. The summed E-state index contributed by atoms with van der Waals surface area (Å²) in [7, 11) is 0. The van der Waals surface area contributed by atoms with E-state index in [9.17, 15) is 9.90 Å². The molecule has 0 bridgehead atoms. The Morgan fingerprint density at radius 3 is 2.18 bits per heavy atom. The van der Waals surface area contributed by atoms with E-state index in [-0.39, 0.29) is 34.4 Å². The first kappa shape index (κ1) is 25.8. The van der Waals surface area contributed by atoms with Crippen LogP contribution in [0.15, 0.2) is 61.2 Å². The van der Waals surface area contributed by atoms with Gasteiger partial charge in [-0.3, -0.25) is 4.79 Å². The van der Waals surface area contributed by atoms with Gasteiger partial charge in [-0.1, -0.05) is 54.1 Å². The normalized spacial score (nSPS) is 12.7. The minimum Gasteiger partial charge on any atom is -0.507 e. The molecular formula is C28H28Cl2O4. The molecule has 1 N–H and O–H groups in total. The van der Waals surface area contributed by atoms with E-state index in [0.717, 1.165) is 33.4 Å². The summed E-state index contributed by atoms with van der Waals surface area (Å²) in [6.07, 6.45) is 2.09. The number of aldehydes is 1. The van der Waals surface area contributed by atoms with Crippen molar-refractivity contribution in [2.24, 2.45) is 0 Å². The summed E-state index contributed by atoms with van der Waals surface area (Å²) in [5.41, 5.74) is 6.63. The van der Waals surface area contributed by atoms with Crippen molar-refractivity contribution in [1.82, 2.24) is 0 Å². The van der Waals surface area contributed by atoms with E-state index >= 15 is 0 Å². The lowest BCUT2D eigenvalue weighted by Gasteiger charge is -2.19. The number of hydrogen-bond acceptors (Lipinski definition) is 4. The van der Waals surface area contributed by atoms with Gasteiger partial charge in [0.2, 0.25) is 0 Å². The number of ether oxygens (including phenoxy) is 2. The number of carbonyl (C=O) groups is 1. The number of alkyl halides is 1. The van der Waals surface area contributed by atoms with Gasteiger partial charge in [-0.05, 0) is 60.2 Å². The zero-order valence-corrected chi connectivity index (χ0v) is 21.0. The lowest BCUT2D eigenvalue weighted by atomic mass is 9.92. The fourth-order valence-electron chi connectivity index (χ4n) is 3.69. The molecule has 34 heavy (non-hydrogen) atoms. The first-order valence-corrected chi connectivity index (χ1v) is 11.7. The first-order valence-electron chi connectivity index (χ1n) is 10.9. The maximum Gasteiger partial charge on any atom is 0.153 e. The highest BCUT2D eigenvalue weighted by molar-refractivity contribution is 6.32. The third kappa shape index (κ3) is 5.82. The average molecular weight is 499 g/mol. The fourth-order valence-corrected chi connectivity index (χ4v) is 3.99. The largest absolute Gasteiger partial charge is 0.507 e. The van der Waals surface area contributed by atoms with Gasteiger partial charge < -0.3 is 14.6 Å². The molecule has 0 radical (unpaired) electrons. The highest BCUT2D eigenvalue weighted by Crippen LogP contribution is 2.34. The molecule has 2 unspecified atom stereocenters. The molecule has 0 saturated carbocycles. The van der Waals surface area contributed by atoms with Gasteiger partial charge >= 0.3 is 0 Å². The second-order valence-corrected chi connectivity index (χ2v) is 9.03. The van der Waals surface area contributed by atoms with Gasteiger partial charge in [0.25, 0.3) is 0 Å². The smallest absolute Gasteiger partial charge is 0.153 e. The first-order chi connectivity index (χ1) is 16.3. The van der Waals surface area contributed by atoms with Gasteiger partial charge in [0, 0.05) is 6.07 Å². The molecule has 0 aromatic heterocycles. The minimum absolute atomic E-state index is 0.121. The summed E-state index contributed by atoms with van der Waals surface area (Å²) < 4.78 is 11.8. The summed E-state index contributed by atoms with van der Waals surface area (Å²) >= 11 is 12.4. The lowest BCUT2D eigenvalue weighted by Crippen LogP contribution is -2.19. The quantitative estimate of drug-likeness (QED) is 0.179. The number of aromatic hydroxyl groups is 1. The van der Waals surface area contributed by atoms with Gasteiger partial charge in [0.15, 0.2) is 6.29 Å². The van der Waals surface area contributed by atoms with Crippen molar-refractivity contribution in [2.45, 2.75) is 45.5 Å². The van der Waals surface area contributed by atoms with Crippen LogP contribution in [0.4, 0.5) is 0 Å². The number of phenols is 1. The van der Waals surface area contributed by atoms with Crippen molar-refractivity contribution in [3.63, 3.8) is 0 Å². The third-order valence-corrected chi connectivity index (χ3v) is 6.78. The van der Waals surface area contributed by atoms with Crippen LogP contribution in [-0.2, 0) is 18.0 Å². The molecule has 0 aliphatic carbocycles. The van der Waals surface area contributed by atoms with Gasteiger partial charge in [-0.15, -0.1) is 18.2 Å². The summed E-state index contributed by atoms with van der Waals surface area (Å²) in [4.78, 5) is 11.0. The highest BCUT2D eigenvalue weighted by Gasteiger charge is 2.15. The lowest BCUT2D eigenvalue weighted by molar-refractivity contribution is 0.0571. The molecule has 0 aliphatic heterocycles. The molecule has 3 rings (SSSR count). The summed E-state index contributed by atoms with van der Waals surface area (Å²) in [5.74, 6) is 0.147. The molecule has 0 spiro atoms. The van der Waals surface area contributed by atoms with Crippen LogP contribution in [0.1, 0.15) is 39.5 Å². The molecule has 0 amide bonds. The zero-order valence-electron chi connectivity index (χ0n) is 19.5. The van der Waals surface area contributed by atoms with Gasteiger partial charge in [-0.25, -0.2) is 0 Å². The SMILES string of the molecule is C=CC(Cl)C(C)OCc1cccc(-c2cccc(COc3cc(O)c(C=O)cc3Cl)c2C)c1C. The van der Waals surface area contributed by atoms with E-state index in [4.69, 9.17) is 32.7 Å². The van der Waals surface area contributed by atoms with Crippen LogP contribution in [-0.4, -0.2) is 22.9 Å². The van der Waals surface area contributed by atoms with E-state index in [0.29, 0.717) is 18.6 Å². The van der Waals surface area contributed by atoms with Gasteiger partial charge in [0.05, 0.1) is 28.7 Å². The van der Waals surface area contributed by atoms with Crippen LogP contribution in [0.2, 0.25) is 5.02 Å². The van der Waals surface area contributed by atoms with Crippen molar-refractivity contribution in [3.8, 4) is 22.6 Å². The number of hydrogen-bond donors (Lipinski definition) is 1. The van der Waals surface area contributed by atoms with Crippen LogP contribution in [0, 0.1) is 13.8 Å². The summed E-state index contributed by atoms with van der Waals surface area (Å²) in [6, 6.07) is 15.0. The van der Waals surface area contributed by atoms with Gasteiger partial charge in [-0.2, -0.15) is 0 Å². The molecule has 0 aliphatic rings. The second kappa shape index (κ2) is 11.6. The average Bonchev–Trinajstić information content (AvgIpc) is 2.83. The molecule has 0 fully saturated rings. The fraction of sp³-hybridized carbons (Fsp3) is 0.250. The van der Waals surface area contributed by atoms with E-state index in [2.05, 4.69) is 38.6 Å². The Balaban J connectivity index is 1.83. The zero-order chi connectivity index (χ0) is 24.8. The van der Waals surface area contributed by atoms with Crippen molar-refractivity contribution in [1.29, 1.82) is 0 Å². The van der Waals surface area contributed by atoms with E-state index in [1.807, 2.05) is 25.1 Å². The molecule has 6 heteroatoms. The van der Waals surface area contributed by atoms with Crippen molar-refractivity contribution in [2.75, 3.05) is 0 Å². The van der Waals surface area contributed by atoms with Crippen LogP contribution >= 0.6 is 23.2 Å². The summed E-state index contributed by atoms with van der Waals surface area (Å²) in [6.45, 7) is 10.5. The number of benzene rings is 3. The molecule has 0 saturated heterocycles. The Morgan fingerprint density at radius 2 is 1.62 bits per heavy atom. The van der Waals surface area contributed by atoms with Gasteiger partial charge in [0.1, 0.15) is 18.1 Å². The van der Waals surface area contributed by atoms with Crippen LogP contribution in [0.25, 0.3) is 11.1 Å². The van der Waals surface area contributed by atoms with Crippen molar-refractivity contribution < 1.29 is 19.4 Å². The van der Waals surface area contributed by atoms with Crippen molar-refractivity contribution >= 4 is 29.5 Å². The molecule has 3 aromatic carbocycles. The molecule has 178 valence electrons. The monoisotopic (exact) mass is 498 g/mol. The maximum absolute atomic E-state index is 11.0. The number of phenolic OH excluding ortho intramolecular Hbond substituents is 1. The Kier molecular flexibility index (Phi) is 8.78. The third-order valence-electron chi connectivity index (χ3n) is 5.95. The molecule has 2 atom stereocenters. The van der Waals surface area contributed by atoms with Crippen molar-refractivity contribution in [3.05, 3.63) is 94.0 Å². The Hall–Kier alpha value is -2.79. The Morgan fingerprint density at radius 1 is 1.03 bits per heavy atom. The van der Waals surface area contributed by atoms with Crippen LogP contribution in [0.3, 0.4) is 0 Å². The van der Waals surface area contributed by atoms with Crippen LogP contribution < -0.4 is 4.74 Å². The second-order valence-electron chi connectivity index (χ2n) is 8.12. The minimum atomic E-state index is -0.243. The van der Waals surface area contributed by atoms with E-state index < -0.39 is 0 Å². The molecule has 3 aromatic rings.